The molecular formula is C10H11Cl3N2O2. The Morgan fingerprint density at radius 2 is 2.29 bits per heavy atom. The smallest absolute Gasteiger partial charge is 0.288 e. The molecule has 0 spiro atoms. The molecule has 2 N–H and O–H groups in total. The van der Waals surface area contributed by atoms with E-state index in [0.717, 1.165) is 0 Å². The Bertz CT molecular complexity index is 373. The lowest BCUT2D eigenvalue weighted by Gasteiger charge is -2.25. The van der Waals surface area contributed by atoms with Gasteiger partial charge in [0, 0.05) is 6.54 Å². The minimum Gasteiger partial charge on any atom is -0.459 e. The third-order valence-electron chi connectivity index (χ3n) is 1.81. The summed E-state index contributed by atoms with van der Waals surface area (Å²) in [5.74, 6) is -0.326. The number of amides is 1. The van der Waals surface area contributed by atoms with Crippen molar-refractivity contribution in [2.75, 3.05) is 6.54 Å². The van der Waals surface area contributed by atoms with Crippen LogP contribution in [-0.4, -0.2) is 22.4 Å². The quantitative estimate of drug-likeness (QED) is 0.499. The highest BCUT2D eigenvalue weighted by molar-refractivity contribution is 6.68. The van der Waals surface area contributed by atoms with E-state index in [0.29, 0.717) is 6.54 Å². The van der Waals surface area contributed by atoms with Crippen molar-refractivity contribution in [3.05, 3.63) is 36.8 Å². The largest absolute Gasteiger partial charge is 0.459 e. The van der Waals surface area contributed by atoms with E-state index in [4.69, 9.17) is 39.2 Å². The number of carbonyl (C=O) groups excluding carboxylic acids is 1. The molecular weight excluding hydrogens is 286 g/mol. The normalized spacial score (nSPS) is 13.1. The molecule has 1 atom stereocenters. The van der Waals surface area contributed by atoms with Crippen molar-refractivity contribution in [2.45, 2.75) is 9.96 Å². The molecule has 0 aromatic carbocycles. The minimum absolute atomic E-state index is 0.143. The summed E-state index contributed by atoms with van der Waals surface area (Å²) in [6.07, 6.45) is 2.13. The van der Waals surface area contributed by atoms with Gasteiger partial charge in [-0.05, 0) is 12.1 Å². The number of hydrogen-bond acceptors (Lipinski definition) is 3. The SMILES string of the molecule is C=CCN[C@@H](NC(=O)c1ccco1)C(Cl)(Cl)Cl. The number of rotatable bonds is 5. The van der Waals surface area contributed by atoms with Crippen LogP contribution in [0.4, 0.5) is 0 Å². The predicted molar refractivity (Wildman–Crippen MR) is 68.5 cm³/mol. The average molecular weight is 298 g/mol. The molecule has 0 saturated carbocycles. The van der Waals surface area contributed by atoms with Gasteiger partial charge in [0.05, 0.1) is 6.26 Å². The number of alkyl halides is 3. The van der Waals surface area contributed by atoms with Crippen LogP contribution < -0.4 is 10.6 Å². The number of furan rings is 1. The summed E-state index contributed by atoms with van der Waals surface area (Å²) in [6.45, 7) is 3.91. The maximum absolute atomic E-state index is 11.7. The van der Waals surface area contributed by atoms with Crippen molar-refractivity contribution in [1.29, 1.82) is 0 Å². The van der Waals surface area contributed by atoms with E-state index in [1.54, 1.807) is 12.1 Å². The zero-order valence-electron chi connectivity index (χ0n) is 8.75. The Balaban J connectivity index is 2.66. The molecule has 0 bridgehead atoms. The van der Waals surface area contributed by atoms with Crippen molar-refractivity contribution in [3.8, 4) is 0 Å². The molecule has 17 heavy (non-hydrogen) atoms. The van der Waals surface area contributed by atoms with Crippen molar-refractivity contribution in [1.82, 2.24) is 10.6 Å². The Labute approximate surface area is 114 Å². The van der Waals surface area contributed by atoms with Gasteiger partial charge < -0.3 is 9.73 Å². The van der Waals surface area contributed by atoms with E-state index in [1.807, 2.05) is 0 Å². The predicted octanol–water partition coefficient (Wildman–Crippen LogP) is 2.48. The van der Waals surface area contributed by atoms with Gasteiger partial charge in [-0.25, -0.2) is 0 Å². The van der Waals surface area contributed by atoms with Gasteiger partial charge in [-0.2, -0.15) is 0 Å². The number of carbonyl (C=O) groups is 1. The molecule has 1 heterocycles. The summed E-state index contributed by atoms with van der Waals surface area (Å²) in [7, 11) is 0. The summed E-state index contributed by atoms with van der Waals surface area (Å²) in [5, 5.41) is 5.32. The van der Waals surface area contributed by atoms with E-state index in [9.17, 15) is 4.79 Å². The molecule has 0 aliphatic heterocycles. The first-order chi connectivity index (χ1) is 7.95. The number of nitrogens with one attached hydrogen (secondary N) is 2. The molecule has 1 aromatic heterocycles. The van der Waals surface area contributed by atoms with Crippen molar-refractivity contribution in [2.24, 2.45) is 0 Å². The second kappa shape index (κ2) is 6.31. The van der Waals surface area contributed by atoms with Gasteiger partial charge in [-0.1, -0.05) is 40.9 Å². The molecule has 1 rings (SSSR count). The Hall–Kier alpha value is -0.680. The monoisotopic (exact) mass is 296 g/mol. The lowest BCUT2D eigenvalue weighted by molar-refractivity contribution is 0.0902. The summed E-state index contributed by atoms with van der Waals surface area (Å²) >= 11 is 17.2. The fourth-order valence-corrected chi connectivity index (χ4v) is 1.45. The summed E-state index contributed by atoms with van der Waals surface area (Å²) in [6, 6.07) is 3.11. The third-order valence-corrected chi connectivity index (χ3v) is 2.47. The molecule has 1 amide bonds. The average Bonchev–Trinajstić information content (AvgIpc) is 2.75. The summed E-state index contributed by atoms with van der Waals surface area (Å²) in [5.41, 5.74) is 0. The van der Waals surface area contributed by atoms with Crippen LogP contribution in [0.15, 0.2) is 35.5 Å². The Kier molecular flexibility index (Phi) is 5.33. The van der Waals surface area contributed by atoms with Crippen LogP contribution in [0.25, 0.3) is 0 Å². The van der Waals surface area contributed by atoms with Crippen LogP contribution >= 0.6 is 34.8 Å². The zero-order valence-corrected chi connectivity index (χ0v) is 11.0. The van der Waals surface area contributed by atoms with Crippen molar-refractivity contribution < 1.29 is 9.21 Å². The van der Waals surface area contributed by atoms with Gasteiger partial charge in [-0.15, -0.1) is 6.58 Å². The number of hydrogen-bond donors (Lipinski definition) is 2. The molecule has 0 aliphatic rings. The second-order valence-corrected chi connectivity index (χ2v) is 5.49. The van der Waals surface area contributed by atoms with Crippen LogP contribution in [-0.2, 0) is 0 Å². The fourth-order valence-electron chi connectivity index (χ4n) is 1.06. The highest BCUT2D eigenvalue weighted by Crippen LogP contribution is 2.29. The minimum atomic E-state index is -1.68. The van der Waals surface area contributed by atoms with Gasteiger partial charge in [0.15, 0.2) is 5.76 Å². The standard InChI is InChI=1S/C10H11Cl3N2O2/c1-2-5-14-9(10(11,12)13)15-8(16)7-4-3-6-17-7/h2-4,6,9,14H,1,5H2,(H,15,16)/t9-/m0/s1. The van der Waals surface area contributed by atoms with Crippen molar-refractivity contribution >= 4 is 40.7 Å². The van der Waals surface area contributed by atoms with E-state index < -0.39 is 15.9 Å². The molecule has 0 fully saturated rings. The Morgan fingerprint density at radius 1 is 1.59 bits per heavy atom. The molecule has 0 unspecified atom stereocenters. The highest BCUT2D eigenvalue weighted by Gasteiger charge is 2.33. The maximum Gasteiger partial charge on any atom is 0.288 e. The van der Waals surface area contributed by atoms with Gasteiger partial charge in [0.25, 0.3) is 5.91 Å². The van der Waals surface area contributed by atoms with E-state index >= 15 is 0 Å². The van der Waals surface area contributed by atoms with E-state index in [2.05, 4.69) is 17.2 Å². The molecule has 4 nitrogen and oxygen atoms in total. The van der Waals surface area contributed by atoms with Crippen LogP contribution in [0.3, 0.4) is 0 Å². The van der Waals surface area contributed by atoms with Crippen LogP contribution in [0.5, 0.6) is 0 Å². The lowest BCUT2D eigenvalue weighted by Crippen LogP contribution is -2.53. The highest BCUT2D eigenvalue weighted by atomic mass is 35.6. The first kappa shape index (κ1) is 14.4. The summed E-state index contributed by atoms with van der Waals surface area (Å²) in [4.78, 5) is 11.7. The van der Waals surface area contributed by atoms with Crippen LogP contribution in [0.2, 0.25) is 0 Å². The fraction of sp³-hybridized carbons (Fsp3) is 0.300. The van der Waals surface area contributed by atoms with Gasteiger partial charge in [0.1, 0.15) is 6.17 Å². The van der Waals surface area contributed by atoms with E-state index in [-0.39, 0.29) is 5.76 Å². The van der Waals surface area contributed by atoms with Gasteiger partial charge >= 0.3 is 0 Å². The second-order valence-electron chi connectivity index (χ2n) is 3.12. The Morgan fingerprint density at radius 3 is 2.76 bits per heavy atom. The maximum atomic E-state index is 11.7. The van der Waals surface area contributed by atoms with Gasteiger partial charge in [-0.3, -0.25) is 10.1 Å². The summed E-state index contributed by atoms with van der Waals surface area (Å²) < 4.78 is 3.25. The molecule has 94 valence electrons. The topological polar surface area (TPSA) is 54.3 Å². The van der Waals surface area contributed by atoms with Crippen LogP contribution in [0, 0.1) is 0 Å². The molecule has 7 heteroatoms. The number of halogens is 3. The zero-order chi connectivity index (χ0) is 12.9. The first-order valence-electron chi connectivity index (χ1n) is 4.70. The lowest BCUT2D eigenvalue weighted by atomic mass is 10.4. The molecule has 0 aliphatic carbocycles. The van der Waals surface area contributed by atoms with E-state index in [1.165, 1.54) is 12.3 Å². The van der Waals surface area contributed by atoms with Gasteiger partial charge in [0.2, 0.25) is 3.79 Å². The van der Waals surface area contributed by atoms with Crippen molar-refractivity contribution in [3.63, 3.8) is 0 Å². The molecule has 0 saturated heterocycles. The molecule has 0 radical (unpaired) electrons. The van der Waals surface area contributed by atoms with Crippen LogP contribution in [0.1, 0.15) is 10.6 Å². The third kappa shape index (κ3) is 4.60. The first-order valence-corrected chi connectivity index (χ1v) is 5.84. The molecule has 1 aromatic rings.